The molecule has 0 saturated carbocycles. The Bertz CT molecular complexity index is 1410. The highest BCUT2D eigenvalue weighted by molar-refractivity contribution is 7.98. The van der Waals surface area contributed by atoms with Crippen LogP contribution in [-0.4, -0.2) is 63.3 Å². The summed E-state index contributed by atoms with van der Waals surface area (Å²) in [5, 5.41) is 9.40. The highest BCUT2D eigenvalue weighted by Crippen LogP contribution is 2.28. The summed E-state index contributed by atoms with van der Waals surface area (Å²) in [6, 6.07) is 15.2. The number of thioether (sulfide) groups is 1. The minimum absolute atomic E-state index is 0.265. The average Bonchev–Trinajstić information content (AvgIpc) is 3.42. The first kappa shape index (κ1) is 23.0. The molecule has 0 N–H and O–H groups in total. The Morgan fingerprint density at radius 1 is 1.06 bits per heavy atom. The number of hydrogen-bond donors (Lipinski definition) is 0. The van der Waals surface area contributed by atoms with Crippen molar-refractivity contribution in [2.75, 3.05) is 26.3 Å². The minimum atomic E-state index is -3.58. The summed E-state index contributed by atoms with van der Waals surface area (Å²) in [5.74, 6) is 2.26. The molecule has 178 valence electrons. The highest BCUT2D eigenvalue weighted by Gasteiger charge is 2.27. The van der Waals surface area contributed by atoms with Crippen LogP contribution in [0.25, 0.3) is 16.7 Å². The number of ether oxygens (including phenoxy) is 1. The van der Waals surface area contributed by atoms with Gasteiger partial charge in [0, 0.05) is 25.3 Å². The molecule has 34 heavy (non-hydrogen) atoms. The lowest BCUT2D eigenvalue weighted by molar-refractivity contribution is 0.0730. The predicted molar refractivity (Wildman–Crippen MR) is 131 cm³/mol. The maximum absolute atomic E-state index is 13.1. The zero-order valence-electron chi connectivity index (χ0n) is 19.1. The first-order chi connectivity index (χ1) is 16.5. The van der Waals surface area contributed by atoms with Crippen molar-refractivity contribution in [3.05, 3.63) is 60.2 Å². The number of para-hydroxylation sites is 1. The minimum Gasteiger partial charge on any atom is -0.379 e. The Hall–Kier alpha value is -2.73. The molecule has 9 nitrogen and oxygen atoms in total. The maximum Gasteiger partial charge on any atom is 0.243 e. The fourth-order valence-corrected chi connectivity index (χ4v) is 6.53. The van der Waals surface area contributed by atoms with Gasteiger partial charge in [0.15, 0.2) is 5.16 Å². The first-order valence-electron chi connectivity index (χ1n) is 11.2. The van der Waals surface area contributed by atoms with Crippen LogP contribution in [0.15, 0.2) is 58.6 Å². The monoisotopic (exact) mass is 498 g/mol. The standard InChI is InChI=1S/C23H26N6O3S2/c1-3-28-21-10-9-19(34(30,31)27-11-13-32-14-12-27)15-20(21)24-22(28)16-33-23-26-25-17(2)29(23)18-7-5-4-6-8-18/h4-10,15H,3,11-14,16H2,1-2H3. The lowest BCUT2D eigenvalue weighted by atomic mass is 10.3. The highest BCUT2D eigenvalue weighted by atomic mass is 32.2. The number of aryl methyl sites for hydroxylation is 2. The fraction of sp³-hybridized carbons (Fsp3) is 0.348. The number of hydrogen-bond acceptors (Lipinski definition) is 7. The molecule has 11 heteroatoms. The topological polar surface area (TPSA) is 95.1 Å². The van der Waals surface area contributed by atoms with E-state index in [-0.39, 0.29) is 4.90 Å². The van der Waals surface area contributed by atoms with Gasteiger partial charge in [0.1, 0.15) is 11.6 Å². The van der Waals surface area contributed by atoms with E-state index < -0.39 is 10.0 Å². The summed E-state index contributed by atoms with van der Waals surface area (Å²) >= 11 is 1.56. The van der Waals surface area contributed by atoms with Gasteiger partial charge in [0.05, 0.1) is 34.9 Å². The number of aromatic nitrogens is 5. The Morgan fingerprint density at radius 2 is 1.82 bits per heavy atom. The van der Waals surface area contributed by atoms with Crippen molar-refractivity contribution < 1.29 is 13.2 Å². The smallest absolute Gasteiger partial charge is 0.243 e. The molecule has 1 aliphatic heterocycles. The van der Waals surface area contributed by atoms with E-state index in [0.29, 0.717) is 37.6 Å². The Morgan fingerprint density at radius 3 is 2.56 bits per heavy atom. The Kier molecular flexibility index (Phi) is 6.43. The van der Waals surface area contributed by atoms with Crippen molar-refractivity contribution in [1.29, 1.82) is 0 Å². The quantitative estimate of drug-likeness (QED) is 0.361. The van der Waals surface area contributed by atoms with Crippen LogP contribution in [0.5, 0.6) is 0 Å². The van der Waals surface area contributed by atoms with Crippen molar-refractivity contribution in [2.45, 2.75) is 36.2 Å². The molecular formula is C23H26N6O3S2. The molecule has 1 saturated heterocycles. The van der Waals surface area contributed by atoms with Crippen LogP contribution in [-0.2, 0) is 27.1 Å². The van der Waals surface area contributed by atoms with E-state index in [0.717, 1.165) is 34.6 Å². The second-order valence-electron chi connectivity index (χ2n) is 7.93. The zero-order chi connectivity index (χ0) is 23.7. The molecule has 2 aromatic heterocycles. The molecule has 0 aliphatic carbocycles. The SMILES string of the molecule is CCn1c(CSc2nnc(C)n2-c2ccccc2)nc2cc(S(=O)(=O)N3CCOCC3)ccc21. The molecule has 0 radical (unpaired) electrons. The zero-order valence-corrected chi connectivity index (χ0v) is 20.7. The van der Waals surface area contributed by atoms with Crippen molar-refractivity contribution in [3.8, 4) is 5.69 Å². The molecule has 3 heterocycles. The molecular weight excluding hydrogens is 472 g/mol. The van der Waals surface area contributed by atoms with Gasteiger partial charge in [-0.2, -0.15) is 4.31 Å². The van der Waals surface area contributed by atoms with E-state index in [2.05, 4.69) is 21.7 Å². The number of morpholine rings is 1. The van der Waals surface area contributed by atoms with Gasteiger partial charge in [-0.05, 0) is 44.2 Å². The second-order valence-corrected chi connectivity index (χ2v) is 10.8. The van der Waals surface area contributed by atoms with E-state index in [4.69, 9.17) is 9.72 Å². The third-order valence-electron chi connectivity index (χ3n) is 5.86. The van der Waals surface area contributed by atoms with Gasteiger partial charge in [-0.15, -0.1) is 10.2 Å². The van der Waals surface area contributed by atoms with Gasteiger partial charge in [0.25, 0.3) is 0 Å². The van der Waals surface area contributed by atoms with Crippen LogP contribution in [0.2, 0.25) is 0 Å². The number of sulfonamides is 1. The average molecular weight is 499 g/mol. The third-order valence-corrected chi connectivity index (χ3v) is 8.68. The molecule has 0 amide bonds. The fourth-order valence-electron chi connectivity index (χ4n) is 4.16. The van der Waals surface area contributed by atoms with Gasteiger partial charge in [0.2, 0.25) is 10.0 Å². The number of nitrogens with zero attached hydrogens (tertiary/aromatic N) is 6. The van der Waals surface area contributed by atoms with Crippen LogP contribution in [0.1, 0.15) is 18.6 Å². The van der Waals surface area contributed by atoms with Gasteiger partial charge in [-0.3, -0.25) is 4.57 Å². The van der Waals surface area contributed by atoms with Crippen molar-refractivity contribution in [3.63, 3.8) is 0 Å². The number of fused-ring (bicyclic) bond motifs is 1. The predicted octanol–water partition coefficient (Wildman–Crippen LogP) is 3.26. The molecule has 5 rings (SSSR count). The van der Waals surface area contributed by atoms with Crippen LogP contribution >= 0.6 is 11.8 Å². The van der Waals surface area contributed by atoms with Crippen LogP contribution < -0.4 is 0 Å². The van der Waals surface area contributed by atoms with Gasteiger partial charge < -0.3 is 9.30 Å². The van der Waals surface area contributed by atoms with E-state index >= 15 is 0 Å². The molecule has 0 bridgehead atoms. The first-order valence-corrected chi connectivity index (χ1v) is 13.6. The Balaban J connectivity index is 1.44. The van der Waals surface area contributed by atoms with Gasteiger partial charge in [-0.1, -0.05) is 30.0 Å². The maximum atomic E-state index is 13.1. The lowest BCUT2D eigenvalue weighted by Crippen LogP contribution is -2.40. The Labute approximate surface area is 202 Å². The summed E-state index contributed by atoms with van der Waals surface area (Å²) in [4.78, 5) is 5.07. The van der Waals surface area contributed by atoms with E-state index in [1.807, 2.05) is 47.9 Å². The molecule has 2 aromatic carbocycles. The number of imidazole rings is 1. The van der Waals surface area contributed by atoms with E-state index in [1.165, 1.54) is 4.31 Å². The normalized spacial score (nSPS) is 15.2. The molecule has 0 atom stereocenters. The summed E-state index contributed by atoms with van der Waals surface area (Å²) in [6.07, 6.45) is 0. The molecule has 4 aromatic rings. The van der Waals surface area contributed by atoms with E-state index in [9.17, 15) is 8.42 Å². The number of rotatable bonds is 7. The van der Waals surface area contributed by atoms with Crippen molar-refractivity contribution in [2.24, 2.45) is 0 Å². The summed E-state index contributed by atoms with van der Waals surface area (Å²) in [6.45, 7) is 6.29. The van der Waals surface area contributed by atoms with Crippen LogP contribution in [0, 0.1) is 6.92 Å². The van der Waals surface area contributed by atoms with Gasteiger partial charge in [-0.25, -0.2) is 13.4 Å². The van der Waals surface area contributed by atoms with Gasteiger partial charge >= 0.3 is 0 Å². The van der Waals surface area contributed by atoms with Crippen LogP contribution in [0.3, 0.4) is 0 Å². The van der Waals surface area contributed by atoms with Crippen molar-refractivity contribution in [1.82, 2.24) is 28.6 Å². The summed E-state index contributed by atoms with van der Waals surface area (Å²) < 4.78 is 37.1. The molecule has 1 aliphatic rings. The van der Waals surface area contributed by atoms with Crippen LogP contribution in [0.4, 0.5) is 0 Å². The summed E-state index contributed by atoms with van der Waals surface area (Å²) in [7, 11) is -3.58. The second kappa shape index (κ2) is 9.49. The largest absolute Gasteiger partial charge is 0.379 e. The van der Waals surface area contributed by atoms with Crippen molar-refractivity contribution >= 4 is 32.8 Å². The summed E-state index contributed by atoms with van der Waals surface area (Å²) in [5.41, 5.74) is 2.60. The molecule has 0 spiro atoms. The number of benzene rings is 2. The lowest BCUT2D eigenvalue weighted by Gasteiger charge is -2.26. The van der Waals surface area contributed by atoms with E-state index in [1.54, 1.807) is 23.9 Å². The molecule has 0 unspecified atom stereocenters. The third kappa shape index (κ3) is 4.24. The molecule has 1 fully saturated rings.